The van der Waals surface area contributed by atoms with Gasteiger partial charge in [0.25, 0.3) is 5.91 Å². The number of ether oxygens (including phenoxy) is 1. The van der Waals surface area contributed by atoms with Crippen molar-refractivity contribution >= 4 is 29.2 Å². The molecular formula is C16H18ClN3O3. The number of nitriles is 1. The van der Waals surface area contributed by atoms with Crippen LogP contribution in [0.3, 0.4) is 0 Å². The Hall–Kier alpha value is -2.52. The third-order valence-electron chi connectivity index (χ3n) is 2.64. The molecule has 1 rings (SSSR count). The Labute approximate surface area is 140 Å². The number of nitrogens with one attached hydrogen (secondary N) is 2. The molecule has 0 spiro atoms. The van der Waals surface area contributed by atoms with Crippen molar-refractivity contribution in [2.24, 2.45) is 0 Å². The van der Waals surface area contributed by atoms with E-state index in [2.05, 4.69) is 10.6 Å². The summed E-state index contributed by atoms with van der Waals surface area (Å²) in [4.78, 5) is 23.6. The first kappa shape index (κ1) is 18.5. The number of hydrogen-bond acceptors (Lipinski definition) is 5. The Balaban J connectivity index is 2.99. The summed E-state index contributed by atoms with van der Waals surface area (Å²) in [6, 6.07) is 6.61. The van der Waals surface area contributed by atoms with Crippen LogP contribution in [0.5, 0.6) is 0 Å². The minimum atomic E-state index is -0.731. The van der Waals surface area contributed by atoms with Gasteiger partial charge in [-0.25, -0.2) is 4.79 Å². The lowest BCUT2D eigenvalue weighted by Crippen LogP contribution is -2.23. The minimum absolute atomic E-state index is 0.196. The molecule has 0 aromatic heterocycles. The van der Waals surface area contributed by atoms with Crippen LogP contribution in [0.25, 0.3) is 0 Å². The van der Waals surface area contributed by atoms with E-state index in [1.54, 1.807) is 45.0 Å². The average Bonchev–Trinajstić information content (AvgIpc) is 2.48. The number of carbonyl (C=O) groups is 2. The second kappa shape index (κ2) is 8.81. The maximum absolute atomic E-state index is 11.9. The summed E-state index contributed by atoms with van der Waals surface area (Å²) in [5, 5.41) is 14.6. The summed E-state index contributed by atoms with van der Waals surface area (Å²) in [6.07, 6.45) is 0.872. The lowest BCUT2D eigenvalue weighted by molar-refractivity contribution is -0.142. The first-order valence-corrected chi connectivity index (χ1v) is 7.43. The van der Waals surface area contributed by atoms with Crippen LogP contribution in [0.15, 0.2) is 30.0 Å². The molecule has 0 aliphatic carbocycles. The van der Waals surface area contributed by atoms with E-state index < -0.39 is 5.97 Å². The number of halogens is 1. The van der Waals surface area contributed by atoms with Gasteiger partial charge in [0.05, 0.1) is 22.4 Å². The van der Waals surface area contributed by atoms with E-state index in [1.165, 1.54) is 6.20 Å². The zero-order valence-corrected chi connectivity index (χ0v) is 13.9. The van der Waals surface area contributed by atoms with Crippen LogP contribution in [-0.2, 0) is 9.53 Å². The van der Waals surface area contributed by atoms with Gasteiger partial charge in [0, 0.05) is 12.7 Å². The molecular weight excluding hydrogens is 318 g/mol. The maximum atomic E-state index is 11.9. The zero-order chi connectivity index (χ0) is 17.4. The Bertz CT molecular complexity index is 663. The van der Waals surface area contributed by atoms with Gasteiger partial charge < -0.3 is 15.4 Å². The number of esters is 1. The molecule has 1 amide bonds. The van der Waals surface area contributed by atoms with Crippen LogP contribution >= 0.6 is 11.6 Å². The Morgan fingerprint density at radius 3 is 2.70 bits per heavy atom. The van der Waals surface area contributed by atoms with Crippen molar-refractivity contribution in [3.05, 3.63) is 40.6 Å². The predicted octanol–water partition coefficient (Wildman–Crippen LogP) is 2.86. The largest absolute Gasteiger partial charge is 0.459 e. The van der Waals surface area contributed by atoms with Gasteiger partial charge in [-0.1, -0.05) is 17.7 Å². The van der Waals surface area contributed by atoms with E-state index in [4.69, 9.17) is 21.6 Å². The molecule has 0 unspecified atom stereocenters. The normalized spacial score (nSPS) is 10.9. The predicted molar refractivity (Wildman–Crippen MR) is 88.0 cm³/mol. The summed E-state index contributed by atoms with van der Waals surface area (Å²) in [6.45, 7) is 5.66. The molecule has 0 atom stereocenters. The van der Waals surface area contributed by atoms with Crippen LogP contribution < -0.4 is 10.6 Å². The van der Waals surface area contributed by atoms with Gasteiger partial charge in [-0.05, 0) is 32.9 Å². The van der Waals surface area contributed by atoms with Crippen LogP contribution in [0.4, 0.5) is 5.69 Å². The van der Waals surface area contributed by atoms with Crippen molar-refractivity contribution in [3.8, 4) is 6.07 Å². The number of rotatable bonds is 6. The van der Waals surface area contributed by atoms with Crippen LogP contribution in [0.1, 0.15) is 31.1 Å². The third-order valence-corrected chi connectivity index (χ3v) is 3.04. The van der Waals surface area contributed by atoms with E-state index in [1.807, 2.05) is 0 Å². The van der Waals surface area contributed by atoms with Crippen molar-refractivity contribution < 1.29 is 14.3 Å². The van der Waals surface area contributed by atoms with E-state index in [0.717, 1.165) is 0 Å². The van der Waals surface area contributed by atoms with E-state index >= 15 is 0 Å². The van der Waals surface area contributed by atoms with Gasteiger partial charge in [0.2, 0.25) is 0 Å². The van der Waals surface area contributed by atoms with E-state index in [9.17, 15) is 9.59 Å². The van der Waals surface area contributed by atoms with Crippen molar-refractivity contribution in [2.45, 2.75) is 26.9 Å². The summed E-state index contributed by atoms with van der Waals surface area (Å²) in [7, 11) is 0. The van der Waals surface area contributed by atoms with Gasteiger partial charge >= 0.3 is 5.97 Å². The number of amides is 1. The molecule has 0 aliphatic heterocycles. The topological polar surface area (TPSA) is 91.2 Å². The van der Waals surface area contributed by atoms with Gasteiger partial charge in [-0.2, -0.15) is 5.26 Å². The van der Waals surface area contributed by atoms with Gasteiger partial charge in [0.1, 0.15) is 6.07 Å². The van der Waals surface area contributed by atoms with Crippen LogP contribution in [0.2, 0.25) is 5.02 Å². The quantitative estimate of drug-likeness (QED) is 0.474. The minimum Gasteiger partial charge on any atom is -0.459 e. The molecule has 0 saturated carbocycles. The highest BCUT2D eigenvalue weighted by Gasteiger charge is 2.14. The second-order valence-corrected chi connectivity index (χ2v) is 5.17. The number of anilines is 1. The molecule has 0 fully saturated rings. The van der Waals surface area contributed by atoms with Crippen molar-refractivity contribution in [2.75, 3.05) is 11.9 Å². The molecule has 1 aromatic carbocycles. The van der Waals surface area contributed by atoms with Gasteiger partial charge in [0.15, 0.2) is 5.57 Å². The molecule has 0 bridgehead atoms. The highest BCUT2D eigenvalue weighted by Crippen LogP contribution is 2.26. The van der Waals surface area contributed by atoms with E-state index in [0.29, 0.717) is 17.8 Å². The van der Waals surface area contributed by atoms with Crippen LogP contribution in [0, 0.1) is 11.3 Å². The van der Waals surface area contributed by atoms with Crippen molar-refractivity contribution in [1.29, 1.82) is 5.26 Å². The molecule has 122 valence electrons. The molecule has 23 heavy (non-hydrogen) atoms. The zero-order valence-electron chi connectivity index (χ0n) is 13.1. The highest BCUT2D eigenvalue weighted by atomic mass is 35.5. The lowest BCUT2D eigenvalue weighted by atomic mass is 10.2. The molecule has 7 heteroatoms. The molecule has 0 aliphatic rings. The first-order chi connectivity index (χ1) is 10.9. The summed E-state index contributed by atoms with van der Waals surface area (Å²) in [5.41, 5.74) is 0.508. The average molecular weight is 336 g/mol. The maximum Gasteiger partial charge on any atom is 0.350 e. The SMILES string of the molecule is CCNC(=O)c1cccc(NC=C(C#N)C(=O)OC(C)C)c1Cl. The summed E-state index contributed by atoms with van der Waals surface area (Å²) < 4.78 is 4.95. The fourth-order valence-electron chi connectivity index (χ4n) is 1.64. The lowest BCUT2D eigenvalue weighted by Gasteiger charge is -2.10. The fraction of sp³-hybridized carbons (Fsp3) is 0.312. The molecule has 2 N–H and O–H groups in total. The fourth-order valence-corrected chi connectivity index (χ4v) is 1.91. The molecule has 0 saturated heterocycles. The Morgan fingerprint density at radius 1 is 1.43 bits per heavy atom. The summed E-state index contributed by atoms with van der Waals surface area (Å²) >= 11 is 6.18. The number of carbonyl (C=O) groups excluding carboxylic acids is 2. The smallest absolute Gasteiger partial charge is 0.350 e. The molecule has 6 nitrogen and oxygen atoms in total. The van der Waals surface area contributed by atoms with Crippen molar-refractivity contribution in [3.63, 3.8) is 0 Å². The highest BCUT2D eigenvalue weighted by molar-refractivity contribution is 6.36. The standard InChI is InChI=1S/C16H18ClN3O3/c1-4-19-15(21)12-6-5-7-13(14(12)17)20-9-11(8-18)16(22)23-10(2)3/h5-7,9-10,20H,4H2,1-3H3,(H,19,21). The number of hydrogen-bond donors (Lipinski definition) is 2. The number of nitrogens with zero attached hydrogens (tertiary/aromatic N) is 1. The monoisotopic (exact) mass is 335 g/mol. The van der Waals surface area contributed by atoms with Crippen LogP contribution in [-0.4, -0.2) is 24.5 Å². The Morgan fingerprint density at radius 2 is 2.13 bits per heavy atom. The second-order valence-electron chi connectivity index (χ2n) is 4.79. The molecule has 0 radical (unpaired) electrons. The van der Waals surface area contributed by atoms with E-state index in [-0.39, 0.29) is 22.6 Å². The summed E-state index contributed by atoms with van der Waals surface area (Å²) in [5.74, 6) is -1.03. The van der Waals surface area contributed by atoms with Crippen molar-refractivity contribution in [1.82, 2.24) is 5.32 Å². The van der Waals surface area contributed by atoms with Gasteiger partial charge in [-0.3, -0.25) is 4.79 Å². The Kier molecular flexibility index (Phi) is 7.10. The van der Waals surface area contributed by atoms with Gasteiger partial charge in [-0.15, -0.1) is 0 Å². The third kappa shape index (κ3) is 5.31. The first-order valence-electron chi connectivity index (χ1n) is 7.05. The molecule has 0 heterocycles. The number of benzene rings is 1. The molecule has 1 aromatic rings.